The maximum Gasteiger partial charge on any atom is 0.174 e. The normalized spacial score (nSPS) is 10.8. The van der Waals surface area contributed by atoms with Crippen molar-refractivity contribution in [3.63, 3.8) is 0 Å². The molecule has 0 fully saturated rings. The first kappa shape index (κ1) is 17.2. The second-order valence-corrected chi connectivity index (χ2v) is 6.65. The number of aromatic amines is 2. The number of ether oxygens (including phenoxy) is 1. The van der Waals surface area contributed by atoms with E-state index in [0.29, 0.717) is 4.77 Å². The van der Waals surface area contributed by atoms with Crippen LogP contribution in [0.4, 0.5) is 0 Å². The van der Waals surface area contributed by atoms with E-state index in [9.17, 15) is 0 Å². The van der Waals surface area contributed by atoms with Crippen molar-refractivity contribution in [2.75, 3.05) is 12.4 Å². The number of benzene rings is 1. The van der Waals surface area contributed by atoms with Gasteiger partial charge in [-0.05, 0) is 48.4 Å². The van der Waals surface area contributed by atoms with Gasteiger partial charge in [-0.25, -0.2) is 0 Å². The van der Waals surface area contributed by atoms with Gasteiger partial charge < -0.3 is 14.7 Å². The highest BCUT2D eigenvalue weighted by Crippen LogP contribution is 2.25. The van der Waals surface area contributed by atoms with Gasteiger partial charge in [0.05, 0.1) is 6.61 Å². The summed E-state index contributed by atoms with van der Waals surface area (Å²) in [5.74, 6) is 3.15. The Morgan fingerprint density at radius 1 is 1.18 bits per heavy atom. The number of thioether (sulfide) groups is 1. The zero-order valence-corrected chi connectivity index (χ0v) is 14.9. The molecule has 120 valence electrons. The molecule has 0 amide bonds. The number of hydrogen-bond acceptors (Lipinski definition) is 3. The van der Waals surface area contributed by atoms with Gasteiger partial charge >= 0.3 is 0 Å². The molecular weight excluding hydrogens is 312 g/mol. The molecule has 0 aliphatic carbocycles. The lowest BCUT2D eigenvalue weighted by molar-refractivity contribution is 0.312. The fraction of sp³-hybridized carbons (Fsp3) is 0.471. The summed E-state index contributed by atoms with van der Waals surface area (Å²) >= 11 is 6.91. The average Bonchev–Trinajstić information content (AvgIpc) is 2.95. The Balaban J connectivity index is 1.73. The average molecular weight is 337 g/mol. The molecule has 0 radical (unpaired) electrons. The van der Waals surface area contributed by atoms with Crippen molar-refractivity contribution in [1.29, 1.82) is 0 Å². The molecule has 1 aromatic heterocycles. The predicted octanol–water partition coefficient (Wildman–Crippen LogP) is 4.90. The van der Waals surface area contributed by atoms with E-state index in [1.165, 1.54) is 11.1 Å². The number of imidazole rings is 1. The van der Waals surface area contributed by atoms with Crippen LogP contribution in [0.3, 0.4) is 0 Å². The second kappa shape index (κ2) is 9.06. The first-order chi connectivity index (χ1) is 10.7. The summed E-state index contributed by atoms with van der Waals surface area (Å²) < 4.78 is 6.76. The minimum Gasteiger partial charge on any atom is -0.493 e. The summed E-state index contributed by atoms with van der Waals surface area (Å²) in [6.45, 7) is 5.14. The molecule has 5 heteroatoms. The van der Waals surface area contributed by atoms with Crippen LogP contribution in [0.5, 0.6) is 5.75 Å². The van der Waals surface area contributed by atoms with E-state index < -0.39 is 0 Å². The van der Waals surface area contributed by atoms with Gasteiger partial charge in [0.1, 0.15) is 5.75 Å². The number of rotatable bonds is 9. The van der Waals surface area contributed by atoms with Gasteiger partial charge in [0.25, 0.3) is 0 Å². The summed E-state index contributed by atoms with van der Waals surface area (Å²) in [6.07, 6.45) is 5.03. The minimum atomic E-state index is 0.696. The van der Waals surface area contributed by atoms with Crippen LogP contribution >= 0.6 is 24.0 Å². The monoisotopic (exact) mass is 336 g/mol. The van der Waals surface area contributed by atoms with Crippen LogP contribution in [0.1, 0.15) is 37.1 Å². The quantitative estimate of drug-likeness (QED) is 0.505. The Hall–Kier alpha value is -1.20. The number of H-pyrrole nitrogens is 2. The van der Waals surface area contributed by atoms with E-state index in [0.717, 1.165) is 48.8 Å². The van der Waals surface area contributed by atoms with E-state index in [4.69, 9.17) is 17.0 Å². The van der Waals surface area contributed by atoms with E-state index in [1.807, 2.05) is 18.0 Å². The largest absolute Gasteiger partial charge is 0.493 e. The minimum absolute atomic E-state index is 0.696. The zero-order valence-electron chi connectivity index (χ0n) is 13.3. The fourth-order valence-electron chi connectivity index (χ4n) is 2.35. The van der Waals surface area contributed by atoms with E-state index in [1.54, 1.807) is 0 Å². The van der Waals surface area contributed by atoms with Crippen molar-refractivity contribution in [3.05, 3.63) is 46.0 Å². The van der Waals surface area contributed by atoms with Gasteiger partial charge in [0.2, 0.25) is 0 Å². The molecule has 3 nitrogen and oxygen atoms in total. The fourth-order valence-corrected chi connectivity index (χ4v) is 3.38. The molecule has 22 heavy (non-hydrogen) atoms. The third-order valence-electron chi connectivity index (χ3n) is 3.53. The van der Waals surface area contributed by atoms with E-state index >= 15 is 0 Å². The predicted molar refractivity (Wildman–Crippen MR) is 97.4 cm³/mol. The molecule has 1 heterocycles. The van der Waals surface area contributed by atoms with Gasteiger partial charge in [-0.15, -0.1) is 0 Å². The molecule has 0 unspecified atom stereocenters. The molecule has 0 saturated heterocycles. The van der Waals surface area contributed by atoms with Crippen molar-refractivity contribution in [2.24, 2.45) is 0 Å². The molecule has 0 atom stereocenters. The van der Waals surface area contributed by atoms with Crippen molar-refractivity contribution in [3.8, 4) is 5.75 Å². The van der Waals surface area contributed by atoms with Crippen LogP contribution < -0.4 is 4.74 Å². The number of aromatic nitrogens is 2. The number of hydrogen-bond donors (Lipinski definition) is 2. The Morgan fingerprint density at radius 3 is 2.50 bits per heavy atom. The van der Waals surface area contributed by atoms with E-state index in [2.05, 4.69) is 42.0 Å². The van der Waals surface area contributed by atoms with Crippen molar-refractivity contribution >= 4 is 24.0 Å². The van der Waals surface area contributed by atoms with Crippen molar-refractivity contribution in [2.45, 2.75) is 38.9 Å². The van der Waals surface area contributed by atoms with Crippen LogP contribution in [-0.4, -0.2) is 22.3 Å². The molecule has 0 aliphatic rings. The number of para-hydroxylation sites is 1. The van der Waals surface area contributed by atoms with Crippen molar-refractivity contribution < 1.29 is 4.74 Å². The number of aryl methyl sites for hydroxylation is 2. The molecule has 0 saturated carbocycles. The maximum absolute atomic E-state index is 6.06. The van der Waals surface area contributed by atoms with Gasteiger partial charge in [-0.2, -0.15) is 11.8 Å². The molecule has 0 aliphatic heterocycles. The lowest BCUT2D eigenvalue weighted by Gasteiger charge is -2.14. The standard InChI is InChI=1S/C17H24N2OS2/c1-3-13-7-5-8-14(4-2)16(13)20-9-6-10-22-12-15-11-18-17(21)19-15/h5,7-8,11H,3-4,6,9-10,12H2,1-2H3,(H2,18,19,21). The van der Waals surface area contributed by atoms with Crippen LogP contribution in [0.15, 0.2) is 24.4 Å². The first-order valence-corrected chi connectivity index (χ1v) is 9.38. The third-order valence-corrected chi connectivity index (χ3v) is 4.84. The molecule has 0 bridgehead atoms. The smallest absolute Gasteiger partial charge is 0.174 e. The van der Waals surface area contributed by atoms with Crippen LogP contribution in [-0.2, 0) is 18.6 Å². The lowest BCUT2D eigenvalue weighted by Crippen LogP contribution is -2.04. The molecular formula is C17H24N2OS2. The summed E-state index contributed by atoms with van der Waals surface area (Å²) in [5.41, 5.74) is 3.78. The maximum atomic E-state index is 6.06. The van der Waals surface area contributed by atoms with Gasteiger partial charge in [0, 0.05) is 17.6 Å². The topological polar surface area (TPSA) is 40.8 Å². The Kier molecular flexibility index (Phi) is 7.06. The lowest BCUT2D eigenvalue weighted by atomic mass is 10.1. The second-order valence-electron chi connectivity index (χ2n) is 5.14. The SMILES string of the molecule is CCc1cccc(CC)c1OCCCSCc1c[nH]c(=S)[nH]1. The highest BCUT2D eigenvalue weighted by molar-refractivity contribution is 7.98. The van der Waals surface area contributed by atoms with Gasteiger partial charge in [0.15, 0.2) is 4.77 Å². The van der Waals surface area contributed by atoms with Crippen molar-refractivity contribution in [1.82, 2.24) is 9.97 Å². The molecule has 0 spiro atoms. The zero-order chi connectivity index (χ0) is 15.8. The van der Waals surface area contributed by atoms with Gasteiger partial charge in [-0.1, -0.05) is 32.0 Å². The highest BCUT2D eigenvalue weighted by atomic mass is 32.2. The first-order valence-electron chi connectivity index (χ1n) is 7.82. The third kappa shape index (κ3) is 4.92. The number of nitrogens with one attached hydrogen (secondary N) is 2. The molecule has 2 rings (SSSR count). The Labute approximate surface area is 141 Å². The van der Waals surface area contributed by atoms with Gasteiger partial charge in [-0.3, -0.25) is 0 Å². The highest BCUT2D eigenvalue weighted by Gasteiger charge is 2.07. The molecule has 2 aromatic rings. The molecule has 1 aromatic carbocycles. The van der Waals surface area contributed by atoms with Crippen LogP contribution in [0.2, 0.25) is 0 Å². The van der Waals surface area contributed by atoms with Crippen LogP contribution in [0.25, 0.3) is 0 Å². The van der Waals surface area contributed by atoms with Crippen LogP contribution in [0, 0.1) is 4.77 Å². The summed E-state index contributed by atoms with van der Waals surface area (Å²) in [4.78, 5) is 6.12. The molecule has 2 N–H and O–H groups in total. The summed E-state index contributed by atoms with van der Waals surface area (Å²) in [7, 11) is 0. The Morgan fingerprint density at radius 2 is 1.91 bits per heavy atom. The summed E-state index contributed by atoms with van der Waals surface area (Å²) in [5, 5.41) is 0. The Bertz CT molecular complexity index is 611. The summed E-state index contributed by atoms with van der Waals surface area (Å²) in [6, 6.07) is 6.45. The van der Waals surface area contributed by atoms with E-state index in [-0.39, 0.29) is 0 Å².